The van der Waals surface area contributed by atoms with Gasteiger partial charge in [-0.1, -0.05) is 0 Å². The second-order valence-electron chi connectivity index (χ2n) is 8.12. The van der Waals surface area contributed by atoms with Crippen molar-refractivity contribution < 1.29 is 46.9 Å². The number of nitrogens with one attached hydrogen (secondary N) is 3. The summed E-state index contributed by atoms with van der Waals surface area (Å²) in [6.07, 6.45) is -0.265. The number of aliphatic hydroxyl groups excluding tert-OH is 1. The van der Waals surface area contributed by atoms with Crippen molar-refractivity contribution in [3.8, 4) is 0 Å². The average Bonchev–Trinajstić information content (AvgIpc) is 3.41. The Morgan fingerprint density at radius 1 is 0.774 bits per heavy atom. The molecule has 3 heterocycles. The van der Waals surface area contributed by atoms with Gasteiger partial charge in [-0.3, -0.25) is 18.1 Å². The molecule has 0 bridgehead atoms. The van der Waals surface area contributed by atoms with Gasteiger partial charge in [0, 0.05) is 44.9 Å². The summed E-state index contributed by atoms with van der Waals surface area (Å²) in [6, 6.07) is -0.487. The molecule has 0 spiro atoms. The van der Waals surface area contributed by atoms with Crippen LogP contribution in [0.1, 0.15) is 19.3 Å². The van der Waals surface area contributed by atoms with E-state index < -0.39 is 34.0 Å². The van der Waals surface area contributed by atoms with E-state index in [1.807, 2.05) is 0 Å². The molecule has 15 heteroatoms. The van der Waals surface area contributed by atoms with Crippen molar-refractivity contribution >= 4 is 15.6 Å². The maximum Gasteiger partial charge on any atom is 0.472 e. The molecule has 2 unspecified atom stereocenters. The summed E-state index contributed by atoms with van der Waals surface area (Å²) in [6.45, 7) is 1.44. The monoisotopic (exact) mass is 489 g/mol. The third-order valence-electron chi connectivity index (χ3n) is 5.37. The number of hydrogen-bond acceptors (Lipinski definition) is 11. The molecule has 3 rings (SSSR count). The Morgan fingerprint density at radius 2 is 1.23 bits per heavy atom. The number of ether oxygens (including phenoxy) is 1. The second kappa shape index (κ2) is 11.4. The molecule has 0 radical (unpaired) electrons. The van der Waals surface area contributed by atoms with Gasteiger partial charge in [-0.05, 0) is 19.3 Å². The van der Waals surface area contributed by atoms with E-state index in [9.17, 15) is 24.0 Å². The molecule has 0 amide bonds. The molecule has 31 heavy (non-hydrogen) atoms. The van der Waals surface area contributed by atoms with Gasteiger partial charge in [-0.2, -0.15) is 0 Å². The van der Waals surface area contributed by atoms with Crippen LogP contribution in [-0.2, 0) is 32.0 Å². The van der Waals surface area contributed by atoms with Crippen LogP contribution in [0, 0.1) is 0 Å². The predicted octanol–water partition coefficient (Wildman–Crippen LogP) is -0.916. The predicted molar refractivity (Wildman–Crippen MR) is 108 cm³/mol. The highest BCUT2D eigenvalue weighted by Gasteiger charge is 2.37. The highest BCUT2D eigenvalue weighted by Crippen LogP contribution is 2.47. The number of methoxy groups -OCH3 is 1. The zero-order valence-electron chi connectivity index (χ0n) is 17.4. The standard InChI is InChI=1S/C16H33N3O10P2/c1-25-8-12-3-15(6-18-12)28-31(23,24)27-10-13-4-16(7-19-13)29-30(21,22)26-9-11-2-14(20)5-17-11/h11-20H,2-10H2,1H3,(H,21,22)(H,23,24)/t11-,12-,13-,14+,15+,16+/m0/s1. The first-order valence-corrected chi connectivity index (χ1v) is 13.3. The van der Waals surface area contributed by atoms with Crippen LogP contribution in [0.4, 0.5) is 0 Å². The van der Waals surface area contributed by atoms with E-state index in [1.165, 1.54) is 0 Å². The molecule has 6 N–H and O–H groups in total. The summed E-state index contributed by atoms with van der Waals surface area (Å²) in [4.78, 5) is 19.9. The Hall–Kier alpha value is 0.0200. The van der Waals surface area contributed by atoms with E-state index in [-0.39, 0.29) is 37.9 Å². The van der Waals surface area contributed by atoms with Crippen LogP contribution in [0.3, 0.4) is 0 Å². The fourth-order valence-electron chi connectivity index (χ4n) is 3.91. The van der Waals surface area contributed by atoms with Crippen LogP contribution in [0.5, 0.6) is 0 Å². The number of β-amino-alcohol motifs (C(OH)–C–C–N with tert-alkyl or cyclic N) is 1. The highest BCUT2D eigenvalue weighted by atomic mass is 31.2. The van der Waals surface area contributed by atoms with Gasteiger partial charge in [-0.15, -0.1) is 0 Å². The molecule has 3 fully saturated rings. The zero-order valence-corrected chi connectivity index (χ0v) is 19.2. The molecule has 8 atom stereocenters. The summed E-state index contributed by atoms with van der Waals surface area (Å²) in [5.41, 5.74) is 0. The Balaban J connectivity index is 1.33. The summed E-state index contributed by atoms with van der Waals surface area (Å²) >= 11 is 0. The van der Waals surface area contributed by atoms with Crippen LogP contribution in [0.25, 0.3) is 0 Å². The van der Waals surface area contributed by atoms with E-state index in [4.69, 9.17) is 22.8 Å². The Bertz CT molecular complexity index is 674. The average molecular weight is 489 g/mol. The summed E-state index contributed by atoms with van der Waals surface area (Å²) < 4.78 is 49.9. The number of phosphoric ester groups is 2. The molecule has 0 saturated carbocycles. The molecule has 13 nitrogen and oxygen atoms in total. The van der Waals surface area contributed by atoms with Gasteiger partial charge < -0.3 is 35.6 Å². The van der Waals surface area contributed by atoms with Crippen molar-refractivity contribution in [3.05, 3.63) is 0 Å². The third kappa shape index (κ3) is 8.71. The minimum atomic E-state index is -4.27. The molecule has 0 aromatic heterocycles. The SMILES string of the molecule is COC[C@@H]1C[C@@H](OP(=O)(O)OC[C@@H]2C[C@@H](OP(=O)(O)OC[C@@H]3C[C@@H](O)CN3)CN2)CN1. The van der Waals surface area contributed by atoms with Gasteiger partial charge in [0.05, 0.1) is 38.1 Å². The molecule has 182 valence electrons. The quantitative estimate of drug-likeness (QED) is 0.186. The lowest BCUT2D eigenvalue weighted by Crippen LogP contribution is -2.27. The number of aliphatic hydroxyl groups is 1. The minimum absolute atomic E-state index is 0.0518. The molecule has 0 aliphatic carbocycles. The van der Waals surface area contributed by atoms with Crippen molar-refractivity contribution in [3.63, 3.8) is 0 Å². The topological polar surface area (TPSA) is 177 Å². The van der Waals surface area contributed by atoms with Gasteiger partial charge in [0.2, 0.25) is 0 Å². The number of phosphoric acid groups is 2. The number of hydrogen-bond donors (Lipinski definition) is 6. The molecule has 3 aliphatic rings. The summed E-state index contributed by atoms with van der Waals surface area (Å²) in [5.74, 6) is 0. The van der Waals surface area contributed by atoms with Crippen molar-refractivity contribution in [2.24, 2.45) is 0 Å². The Labute approximate surface area is 181 Å². The molecule has 0 aromatic rings. The molecular formula is C16H33N3O10P2. The first-order valence-electron chi connectivity index (χ1n) is 10.3. The van der Waals surface area contributed by atoms with Crippen LogP contribution in [0.2, 0.25) is 0 Å². The van der Waals surface area contributed by atoms with Crippen LogP contribution >= 0.6 is 15.6 Å². The van der Waals surface area contributed by atoms with Gasteiger partial charge in [0.1, 0.15) is 0 Å². The molecular weight excluding hydrogens is 456 g/mol. The van der Waals surface area contributed by atoms with Crippen LogP contribution in [-0.4, -0.2) is 97.9 Å². The zero-order chi connectivity index (χ0) is 22.5. The second-order valence-corrected chi connectivity index (χ2v) is 10.9. The molecule has 0 aromatic carbocycles. The van der Waals surface area contributed by atoms with E-state index in [1.54, 1.807) is 7.11 Å². The normalized spacial score (nSPS) is 37.7. The summed E-state index contributed by atoms with van der Waals surface area (Å²) in [5, 5.41) is 18.6. The van der Waals surface area contributed by atoms with Gasteiger partial charge in [0.15, 0.2) is 0 Å². The van der Waals surface area contributed by atoms with Crippen molar-refractivity contribution in [1.82, 2.24) is 16.0 Å². The van der Waals surface area contributed by atoms with Crippen LogP contribution in [0.15, 0.2) is 0 Å². The third-order valence-corrected chi connectivity index (χ3v) is 7.45. The van der Waals surface area contributed by atoms with Gasteiger partial charge in [-0.25, -0.2) is 9.13 Å². The maximum atomic E-state index is 12.2. The lowest BCUT2D eigenvalue weighted by atomic mass is 10.2. The first kappa shape index (κ1) is 25.6. The smallest absolute Gasteiger partial charge is 0.392 e. The van der Waals surface area contributed by atoms with E-state index in [0.717, 1.165) is 0 Å². The van der Waals surface area contributed by atoms with E-state index >= 15 is 0 Å². The number of rotatable bonds is 12. The van der Waals surface area contributed by atoms with Crippen molar-refractivity contribution in [1.29, 1.82) is 0 Å². The molecule has 3 saturated heterocycles. The lowest BCUT2D eigenvalue weighted by Gasteiger charge is -2.19. The fraction of sp³-hybridized carbons (Fsp3) is 1.00. The minimum Gasteiger partial charge on any atom is -0.392 e. The van der Waals surface area contributed by atoms with E-state index in [0.29, 0.717) is 39.0 Å². The lowest BCUT2D eigenvalue weighted by molar-refractivity contribution is 0.0938. The highest BCUT2D eigenvalue weighted by molar-refractivity contribution is 7.47. The largest absolute Gasteiger partial charge is 0.472 e. The van der Waals surface area contributed by atoms with Gasteiger partial charge >= 0.3 is 15.6 Å². The first-order chi connectivity index (χ1) is 14.6. The van der Waals surface area contributed by atoms with Gasteiger partial charge in [0.25, 0.3) is 0 Å². The fourth-order valence-corrected chi connectivity index (χ4v) is 5.84. The van der Waals surface area contributed by atoms with E-state index in [2.05, 4.69) is 16.0 Å². The Kier molecular flexibility index (Phi) is 9.46. The maximum absolute atomic E-state index is 12.2. The molecule has 3 aliphatic heterocycles. The van der Waals surface area contributed by atoms with Crippen LogP contribution < -0.4 is 16.0 Å². The Morgan fingerprint density at radius 3 is 1.68 bits per heavy atom. The van der Waals surface area contributed by atoms with Crippen molar-refractivity contribution in [2.75, 3.05) is 46.6 Å². The van der Waals surface area contributed by atoms with Crippen molar-refractivity contribution in [2.45, 2.75) is 55.7 Å². The summed E-state index contributed by atoms with van der Waals surface area (Å²) in [7, 11) is -6.93.